The Hall–Kier alpha value is -3.95. The molecule has 4 rings (SSSR count). The number of benzene rings is 3. The Morgan fingerprint density at radius 2 is 1.62 bits per heavy atom. The minimum Gasteiger partial charge on any atom is -0.494 e. The Bertz CT molecular complexity index is 1180. The van der Waals surface area contributed by atoms with E-state index in [0.29, 0.717) is 69.7 Å². The van der Waals surface area contributed by atoms with Crippen LogP contribution < -0.4 is 20.9 Å². The highest BCUT2D eigenvalue weighted by Crippen LogP contribution is 2.32. The van der Waals surface area contributed by atoms with E-state index in [-0.39, 0.29) is 12.0 Å². The van der Waals surface area contributed by atoms with E-state index in [1.165, 1.54) is 4.90 Å². The van der Waals surface area contributed by atoms with Gasteiger partial charge in [0.05, 0.1) is 50.5 Å². The smallest absolute Gasteiger partial charge is 0.407 e. The molecule has 39 heavy (non-hydrogen) atoms. The van der Waals surface area contributed by atoms with Crippen LogP contribution in [0.1, 0.15) is 29.9 Å². The molecule has 0 spiro atoms. The maximum absolute atomic E-state index is 11.6. The van der Waals surface area contributed by atoms with Crippen molar-refractivity contribution in [1.82, 2.24) is 4.90 Å². The predicted molar refractivity (Wildman–Crippen MR) is 150 cm³/mol. The lowest BCUT2D eigenvalue weighted by molar-refractivity contribution is -0.0206. The van der Waals surface area contributed by atoms with Crippen molar-refractivity contribution in [3.05, 3.63) is 83.9 Å². The first-order valence-corrected chi connectivity index (χ1v) is 13.2. The van der Waals surface area contributed by atoms with Gasteiger partial charge in [-0.3, -0.25) is 0 Å². The van der Waals surface area contributed by atoms with Gasteiger partial charge in [-0.1, -0.05) is 42.5 Å². The third-order valence-electron chi connectivity index (χ3n) is 6.69. The van der Waals surface area contributed by atoms with Crippen LogP contribution in [-0.4, -0.2) is 61.7 Å². The summed E-state index contributed by atoms with van der Waals surface area (Å²) in [6, 6.07) is 23.2. The summed E-state index contributed by atoms with van der Waals surface area (Å²) in [6.07, 6.45) is 0.240. The molecule has 3 aromatic carbocycles. The van der Waals surface area contributed by atoms with E-state index in [9.17, 15) is 9.90 Å². The van der Waals surface area contributed by atoms with E-state index < -0.39 is 6.09 Å². The predicted octanol–water partition coefficient (Wildman–Crippen LogP) is 4.77. The lowest BCUT2D eigenvalue weighted by Gasteiger charge is -2.37. The summed E-state index contributed by atoms with van der Waals surface area (Å²) < 4.78 is 23.5. The molecule has 0 aliphatic carbocycles. The number of anilines is 2. The molecule has 9 heteroatoms. The molecule has 0 aromatic heterocycles. The van der Waals surface area contributed by atoms with Gasteiger partial charge in [0.25, 0.3) is 0 Å². The molecule has 2 unspecified atom stereocenters. The molecule has 1 heterocycles. The molecule has 0 saturated carbocycles. The van der Waals surface area contributed by atoms with Gasteiger partial charge in [0, 0.05) is 24.9 Å². The van der Waals surface area contributed by atoms with E-state index in [0.717, 1.165) is 23.3 Å². The van der Waals surface area contributed by atoms with E-state index >= 15 is 0 Å². The van der Waals surface area contributed by atoms with Crippen LogP contribution in [0.3, 0.4) is 0 Å². The number of amides is 1. The molecule has 0 radical (unpaired) electrons. The number of piperidine rings is 1. The number of rotatable bonds is 13. The third-order valence-corrected chi connectivity index (χ3v) is 6.69. The number of likely N-dealkylation sites (tertiary alicyclic amines) is 1. The molecular formula is C30H37N3O6. The Morgan fingerprint density at radius 3 is 2.36 bits per heavy atom. The molecule has 208 valence electrons. The fraction of sp³-hybridized carbons (Fsp3) is 0.367. The van der Waals surface area contributed by atoms with Crippen molar-refractivity contribution in [1.29, 1.82) is 0 Å². The third kappa shape index (κ3) is 8.53. The number of nitrogens with zero attached hydrogens (tertiary/aromatic N) is 1. The largest absolute Gasteiger partial charge is 0.494 e. The molecule has 1 amide bonds. The summed E-state index contributed by atoms with van der Waals surface area (Å²) >= 11 is 0. The van der Waals surface area contributed by atoms with Crippen LogP contribution in [0.25, 0.3) is 0 Å². The number of nitrogens with two attached hydrogens (primary N) is 2. The maximum atomic E-state index is 11.6. The van der Waals surface area contributed by atoms with Crippen LogP contribution in [0.2, 0.25) is 0 Å². The second kappa shape index (κ2) is 14.3. The van der Waals surface area contributed by atoms with Crippen LogP contribution >= 0.6 is 0 Å². The fourth-order valence-corrected chi connectivity index (χ4v) is 4.57. The average Bonchev–Trinajstić information content (AvgIpc) is 2.95. The molecular weight excluding hydrogens is 498 g/mol. The first-order valence-electron chi connectivity index (χ1n) is 13.2. The summed E-state index contributed by atoms with van der Waals surface area (Å²) in [5, 5.41) is 9.51. The zero-order valence-electron chi connectivity index (χ0n) is 22.0. The molecule has 9 nitrogen and oxygen atoms in total. The van der Waals surface area contributed by atoms with Crippen molar-refractivity contribution in [2.75, 3.05) is 51.0 Å². The van der Waals surface area contributed by atoms with E-state index in [2.05, 4.69) is 0 Å². The van der Waals surface area contributed by atoms with Gasteiger partial charge in [-0.25, -0.2) is 4.79 Å². The number of nitrogen functional groups attached to an aromatic ring is 2. The molecule has 3 aromatic rings. The first-order chi connectivity index (χ1) is 19.0. The number of carboxylic acid groups (broad SMARTS) is 1. The quantitative estimate of drug-likeness (QED) is 0.211. The summed E-state index contributed by atoms with van der Waals surface area (Å²) in [5.41, 5.74) is 14.8. The van der Waals surface area contributed by atoms with Crippen molar-refractivity contribution in [2.24, 2.45) is 0 Å². The lowest BCUT2D eigenvalue weighted by Crippen LogP contribution is -2.46. The Morgan fingerprint density at radius 1 is 0.872 bits per heavy atom. The van der Waals surface area contributed by atoms with Gasteiger partial charge < -0.3 is 40.4 Å². The molecule has 1 fully saturated rings. The molecule has 2 atom stereocenters. The van der Waals surface area contributed by atoms with E-state index in [4.69, 9.17) is 30.4 Å². The highest BCUT2D eigenvalue weighted by atomic mass is 16.5. The summed E-state index contributed by atoms with van der Waals surface area (Å²) in [7, 11) is 0. The zero-order chi connectivity index (χ0) is 27.5. The van der Waals surface area contributed by atoms with Crippen LogP contribution in [0, 0.1) is 0 Å². The maximum Gasteiger partial charge on any atom is 0.407 e. The summed E-state index contributed by atoms with van der Waals surface area (Å²) in [5.74, 6) is 1.46. The Labute approximate surface area is 229 Å². The van der Waals surface area contributed by atoms with Crippen molar-refractivity contribution in [3.63, 3.8) is 0 Å². The molecule has 0 bridgehead atoms. The minimum atomic E-state index is -0.938. The minimum absolute atomic E-state index is 0.0632. The lowest BCUT2D eigenvalue weighted by atomic mass is 9.87. The van der Waals surface area contributed by atoms with Gasteiger partial charge in [-0.05, 0) is 41.8 Å². The number of ether oxygens (including phenoxy) is 4. The molecule has 1 aliphatic rings. The monoisotopic (exact) mass is 535 g/mol. The van der Waals surface area contributed by atoms with Crippen molar-refractivity contribution < 1.29 is 28.8 Å². The summed E-state index contributed by atoms with van der Waals surface area (Å²) in [6.45, 7) is 3.17. The van der Waals surface area contributed by atoms with Gasteiger partial charge in [0.2, 0.25) is 0 Å². The van der Waals surface area contributed by atoms with Crippen LogP contribution in [0.15, 0.2) is 72.8 Å². The van der Waals surface area contributed by atoms with Gasteiger partial charge in [-0.15, -0.1) is 0 Å². The Balaban J connectivity index is 1.24. The second-order valence-corrected chi connectivity index (χ2v) is 9.48. The van der Waals surface area contributed by atoms with E-state index in [1.54, 1.807) is 18.2 Å². The van der Waals surface area contributed by atoms with Crippen molar-refractivity contribution >= 4 is 17.5 Å². The Kier molecular flexibility index (Phi) is 10.3. The van der Waals surface area contributed by atoms with Crippen LogP contribution in [0.5, 0.6) is 11.5 Å². The van der Waals surface area contributed by atoms with Crippen molar-refractivity contribution in [2.45, 2.75) is 31.5 Å². The van der Waals surface area contributed by atoms with Gasteiger partial charge in [0.15, 0.2) is 0 Å². The normalized spacial score (nSPS) is 17.1. The molecule has 1 aliphatic heterocycles. The topological polar surface area (TPSA) is 130 Å². The van der Waals surface area contributed by atoms with Crippen LogP contribution in [0.4, 0.5) is 16.2 Å². The second-order valence-electron chi connectivity index (χ2n) is 9.48. The fourth-order valence-electron chi connectivity index (χ4n) is 4.57. The van der Waals surface area contributed by atoms with E-state index in [1.807, 2.05) is 54.6 Å². The SMILES string of the molecule is Nc1ccc(OCCOC2CN(C(=O)O)CCC2c2ccc(OCCCOCc3ccccc3)cc2)cc1N. The summed E-state index contributed by atoms with van der Waals surface area (Å²) in [4.78, 5) is 13.0. The molecule has 5 N–H and O–H groups in total. The number of hydrogen-bond acceptors (Lipinski definition) is 7. The number of hydrogen-bond donors (Lipinski definition) is 3. The van der Waals surface area contributed by atoms with Gasteiger partial charge in [0.1, 0.15) is 18.1 Å². The average molecular weight is 536 g/mol. The van der Waals surface area contributed by atoms with Crippen molar-refractivity contribution in [3.8, 4) is 11.5 Å². The standard InChI is InChI=1S/C30H37N3O6/c31-27-12-11-25(19-28(27)32)38-17-18-39-29-20-33(30(34)35)14-13-26(29)23-7-9-24(10-8-23)37-16-4-15-36-21-22-5-2-1-3-6-22/h1-3,5-12,19,26,29H,4,13-18,20-21,31-32H2,(H,34,35). The van der Waals surface area contributed by atoms with Crippen LogP contribution in [-0.2, 0) is 16.1 Å². The van der Waals surface area contributed by atoms with Gasteiger partial charge >= 0.3 is 6.09 Å². The molecule has 1 saturated heterocycles. The first kappa shape index (κ1) is 28.1. The zero-order valence-corrected chi connectivity index (χ0v) is 22.0. The number of carbonyl (C=O) groups is 1. The highest BCUT2D eigenvalue weighted by molar-refractivity contribution is 5.65. The van der Waals surface area contributed by atoms with Gasteiger partial charge in [-0.2, -0.15) is 0 Å². The highest BCUT2D eigenvalue weighted by Gasteiger charge is 2.33.